The minimum atomic E-state index is -0.484. The number of hydrogen-bond donors (Lipinski definition) is 1. The highest BCUT2D eigenvalue weighted by atomic mass is 35.5. The van der Waals surface area contributed by atoms with Crippen LogP contribution in [0, 0.1) is 0 Å². The van der Waals surface area contributed by atoms with Crippen molar-refractivity contribution in [3.8, 4) is 0 Å². The Morgan fingerprint density at radius 3 is 2.41 bits per heavy atom. The van der Waals surface area contributed by atoms with E-state index >= 15 is 0 Å². The standard InChI is InChI=1S/C24H28Cl2N2O/c1-24(29)9-11-27(12-10-24)22-8-6-17-13-16(5-7-19(17)22)18-14-28(15-18)23-20(25)3-2-4-21(23)26/h2-5,7,13,18,22,29H,6,8-12,14-15H2,1H3. The number of para-hydroxylation sites is 1. The molecular weight excluding hydrogens is 403 g/mol. The molecule has 0 radical (unpaired) electrons. The van der Waals surface area contributed by atoms with Crippen LogP contribution in [-0.4, -0.2) is 41.8 Å². The van der Waals surface area contributed by atoms with Gasteiger partial charge in [0.05, 0.1) is 21.3 Å². The van der Waals surface area contributed by atoms with E-state index in [0.29, 0.717) is 12.0 Å². The zero-order valence-corrected chi connectivity index (χ0v) is 18.4. The minimum Gasteiger partial charge on any atom is -0.390 e. The molecule has 5 rings (SSSR count). The molecule has 1 N–H and O–H groups in total. The van der Waals surface area contributed by atoms with Crippen molar-refractivity contribution in [1.82, 2.24) is 4.90 Å². The zero-order chi connectivity index (χ0) is 20.2. The van der Waals surface area contributed by atoms with Gasteiger partial charge in [0.25, 0.3) is 0 Å². The van der Waals surface area contributed by atoms with Crippen LogP contribution in [0.25, 0.3) is 0 Å². The van der Waals surface area contributed by atoms with Gasteiger partial charge in [-0.2, -0.15) is 0 Å². The van der Waals surface area contributed by atoms with Crippen LogP contribution < -0.4 is 4.90 Å². The lowest BCUT2D eigenvalue weighted by molar-refractivity contribution is -0.0167. The Bertz CT molecular complexity index is 893. The highest BCUT2D eigenvalue weighted by Gasteiger charge is 2.36. The summed E-state index contributed by atoms with van der Waals surface area (Å²) < 4.78 is 0. The first-order valence-corrected chi connectivity index (χ1v) is 11.4. The van der Waals surface area contributed by atoms with Crippen LogP contribution in [0.1, 0.15) is 54.8 Å². The van der Waals surface area contributed by atoms with Crippen LogP contribution in [0.3, 0.4) is 0 Å². The Balaban J connectivity index is 1.27. The molecule has 0 spiro atoms. The van der Waals surface area contributed by atoms with E-state index in [0.717, 1.165) is 61.2 Å². The van der Waals surface area contributed by atoms with Gasteiger partial charge in [-0.15, -0.1) is 0 Å². The summed E-state index contributed by atoms with van der Waals surface area (Å²) in [5, 5.41) is 11.7. The number of nitrogens with zero attached hydrogens (tertiary/aromatic N) is 2. The molecule has 154 valence electrons. The number of anilines is 1. The van der Waals surface area contributed by atoms with Gasteiger partial charge in [0.15, 0.2) is 0 Å². The number of piperidine rings is 1. The molecule has 2 aromatic rings. The van der Waals surface area contributed by atoms with E-state index in [1.165, 1.54) is 23.1 Å². The molecule has 0 saturated carbocycles. The SMILES string of the molecule is CC1(O)CCN(C2CCc3cc(C4CN(c5c(Cl)cccc5Cl)C4)ccc32)CC1. The molecule has 1 atom stereocenters. The molecule has 5 heteroatoms. The van der Waals surface area contributed by atoms with Crippen molar-refractivity contribution < 1.29 is 5.11 Å². The largest absolute Gasteiger partial charge is 0.390 e. The van der Waals surface area contributed by atoms with Gasteiger partial charge in [0, 0.05) is 38.1 Å². The Labute approximate surface area is 183 Å². The van der Waals surface area contributed by atoms with Crippen LogP contribution >= 0.6 is 23.2 Å². The third-order valence-corrected chi connectivity index (χ3v) is 7.75. The van der Waals surface area contributed by atoms with E-state index in [4.69, 9.17) is 23.2 Å². The fourth-order valence-corrected chi connectivity index (χ4v) is 5.87. The molecule has 0 bridgehead atoms. The number of benzene rings is 2. The van der Waals surface area contributed by atoms with Crippen molar-refractivity contribution >= 4 is 28.9 Å². The molecule has 1 unspecified atom stereocenters. The average molecular weight is 431 g/mol. The van der Waals surface area contributed by atoms with Gasteiger partial charge in [-0.1, -0.05) is 47.5 Å². The first-order valence-electron chi connectivity index (χ1n) is 10.7. The Morgan fingerprint density at radius 1 is 1.03 bits per heavy atom. The van der Waals surface area contributed by atoms with E-state index in [1.54, 1.807) is 0 Å². The monoisotopic (exact) mass is 430 g/mol. The second kappa shape index (κ2) is 7.46. The van der Waals surface area contributed by atoms with Crippen LogP contribution in [0.15, 0.2) is 36.4 Å². The maximum atomic E-state index is 10.3. The van der Waals surface area contributed by atoms with Crippen LogP contribution in [0.2, 0.25) is 10.0 Å². The maximum Gasteiger partial charge on any atom is 0.0745 e. The zero-order valence-electron chi connectivity index (χ0n) is 16.9. The molecule has 3 nitrogen and oxygen atoms in total. The Kier molecular flexibility index (Phi) is 5.06. The first kappa shape index (κ1) is 19.7. The summed E-state index contributed by atoms with van der Waals surface area (Å²) >= 11 is 12.7. The Morgan fingerprint density at radius 2 is 1.72 bits per heavy atom. The van der Waals surface area contributed by atoms with Crippen molar-refractivity contribution in [2.45, 2.75) is 50.2 Å². The number of aryl methyl sites for hydroxylation is 1. The molecule has 2 fully saturated rings. The maximum absolute atomic E-state index is 10.3. The van der Waals surface area contributed by atoms with Crippen molar-refractivity contribution in [3.63, 3.8) is 0 Å². The molecule has 2 heterocycles. The van der Waals surface area contributed by atoms with Crippen LogP contribution in [-0.2, 0) is 6.42 Å². The predicted octanol–water partition coefficient (Wildman–Crippen LogP) is 5.43. The van der Waals surface area contributed by atoms with Gasteiger partial charge >= 0.3 is 0 Å². The quantitative estimate of drug-likeness (QED) is 0.702. The number of rotatable bonds is 3. The summed E-state index contributed by atoms with van der Waals surface area (Å²) in [6, 6.07) is 13.4. The van der Waals surface area contributed by atoms with Crippen molar-refractivity contribution in [2.75, 3.05) is 31.1 Å². The molecule has 0 aromatic heterocycles. The normalized spacial score (nSPS) is 24.4. The van der Waals surface area contributed by atoms with E-state index in [-0.39, 0.29) is 0 Å². The third kappa shape index (κ3) is 3.67. The minimum absolute atomic E-state index is 0.484. The van der Waals surface area contributed by atoms with E-state index in [2.05, 4.69) is 28.0 Å². The highest BCUT2D eigenvalue weighted by Crippen LogP contribution is 2.43. The van der Waals surface area contributed by atoms with E-state index in [1.807, 2.05) is 25.1 Å². The summed E-state index contributed by atoms with van der Waals surface area (Å²) in [6.45, 7) is 5.89. The van der Waals surface area contributed by atoms with Crippen LogP contribution in [0.4, 0.5) is 5.69 Å². The molecule has 29 heavy (non-hydrogen) atoms. The lowest BCUT2D eigenvalue weighted by Crippen LogP contribution is -2.45. The fraction of sp³-hybridized carbons (Fsp3) is 0.500. The molecular formula is C24H28Cl2N2O. The number of aliphatic hydroxyl groups is 1. The van der Waals surface area contributed by atoms with Gasteiger partial charge in [0.1, 0.15) is 0 Å². The molecule has 2 aliphatic heterocycles. The number of likely N-dealkylation sites (tertiary alicyclic amines) is 1. The van der Waals surface area contributed by atoms with E-state index in [9.17, 15) is 5.11 Å². The smallest absolute Gasteiger partial charge is 0.0745 e. The fourth-order valence-electron chi connectivity index (χ4n) is 5.23. The Hall–Kier alpha value is -1.26. The van der Waals surface area contributed by atoms with Crippen molar-refractivity contribution in [2.24, 2.45) is 0 Å². The van der Waals surface area contributed by atoms with Gasteiger partial charge < -0.3 is 10.0 Å². The third-order valence-electron chi connectivity index (χ3n) is 7.14. The van der Waals surface area contributed by atoms with Crippen molar-refractivity contribution in [3.05, 3.63) is 63.1 Å². The molecule has 3 aliphatic rings. The lowest BCUT2D eigenvalue weighted by atomic mass is 9.88. The molecule has 2 aromatic carbocycles. The van der Waals surface area contributed by atoms with E-state index < -0.39 is 5.60 Å². The van der Waals surface area contributed by atoms with Gasteiger partial charge in [-0.25, -0.2) is 0 Å². The van der Waals surface area contributed by atoms with Gasteiger partial charge in [-0.3, -0.25) is 4.90 Å². The van der Waals surface area contributed by atoms with Crippen molar-refractivity contribution in [1.29, 1.82) is 0 Å². The average Bonchev–Trinajstić information content (AvgIpc) is 3.06. The summed E-state index contributed by atoms with van der Waals surface area (Å²) in [4.78, 5) is 4.86. The van der Waals surface area contributed by atoms with Gasteiger partial charge in [-0.05, 0) is 61.4 Å². The summed E-state index contributed by atoms with van der Waals surface area (Å²) in [5.74, 6) is 0.539. The summed E-state index contributed by atoms with van der Waals surface area (Å²) in [6.07, 6.45) is 4.11. The molecule has 0 amide bonds. The predicted molar refractivity (Wildman–Crippen MR) is 120 cm³/mol. The first-order chi connectivity index (χ1) is 13.9. The molecule has 2 saturated heterocycles. The number of halogens is 2. The highest BCUT2D eigenvalue weighted by molar-refractivity contribution is 6.39. The number of hydrogen-bond acceptors (Lipinski definition) is 3. The molecule has 1 aliphatic carbocycles. The van der Waals surface area contributed by atoms with Crippen LogP contribution in [0.5, 0.6) is 0 Å². The number of fused-ring (bicyclic) bond motifs is 1. The van der Waals surface area contributed by atoms with Gasteiger partial charge in [0.2, 0.25) is 0 Å². The lowest BCUT2D eigenvalue weighted by Gasteiger charge is -2.42. The second-order valence-electron chi connectivity index (χ2n) is 9.22. The summed E-state index contributed by atoms with van der Waals surface area (Å²) in [7, 11) is 0. The summed E-state index contributed by atoms with van der Waals surface area (Å²) in [5.41, 5.74) is 4.93. The topological polar surface area (TPSA) is 26.7 Å². The second-order valence-corrected chi connectivity index (χ2v) is 10.0.